The second-order valence-corrected chi connectivity index (χ2v) is 8.05. The molecular formula is C21H34N4O2. The molecule has 0 radical (unpaired) electrons. The van der Waals surface area contributed by atoms with Crippen molar-refractivity contribution in [2.75, 3.05) is 57.8 Å². The van der Waals surface area contributed by atoms with Gasteiger partial charge in [-0.25, -0.2) is 4.98 Å². The fourth-order valence-electron chi connectivity index (χ4n) is 4.25. The molecule has 0 unspecified atom stereocenters. The molecule has 0 bridgehead atoms. The molecule has 2 aliphatic rings. The molecule has 0 saturated carbocycles. The van der Waals surface area contributed by atoms with Gasteiger partial charge in [0, 0.05) is 51.9 Å². The number of aromatic nitrogens is 1. The summed E-state index contributed by atoms with van der Waals surface area (Å²) in [6, 6.07) is 3.81. The van der Waals surface area contributed by atoms with Gasteiger partial charge in [-0.1, -0.05) is 12.8 Å². The van der Waals surface area contributed by atoms with E-state index in [-0.39, 0.29) is 12.5 Å². The lowest BCUT2D eigenvalue weighted by Crippen LogP contribution is -2.34. The van der Waals surface area contributed by atoms with Gasteiger partial charge in [-0.05, 0) is 50.9 Å². The van der Waals surface area contributed by atoms with E-state index >= 15 is 0 Å². The highest BCUT2D eigenvalue weighted by Gasteiger charge is 2.34. The number of aliphatic hydroxyl groups is 1. The normalized spacial score (nSPS) is 24.0. The van der Waals surface area contributed by atoms with Crippen LogP contribution in [-0.2, 0) is 0 Å². The molecule has 6 nitrogen and oxygen atoms in total. The third kappa shape index (κ3) is 4.99. The Morgan fingerprint density at radius 3 is 2.48 bits per heavy atom. The van der Waals surface area contributed by atoms with Crippen molar-refractivity contribution >= 4 is 11.7 Å². The highest BCUT2D eigenvalue weighted by Crippen LogP contribution is 2.28. The van der Waals surface area contributed by atoms with Crippen molar-refractivity contribution in [1.29, 1.82) is 0 Å². The number of pyridine rings is 1. The molecule has 0 spiro atoms. The second-order valence-electron chi connectivity index (χ2n) is 8.05. The third-order valence-electron chi connectivity index (χ3n) is 6.14. The first-order valence-corrected chi connectivity index (χ1v) is 10.4. The number of amides is 1. The lowest BCUT2D eigenvalue weighted by atomic mass is 9.96. The van der Waals surface area contributed by atoms with Crippen LogP contribution in [0.3, 0.4) is 0 Å². The predicted octanol–water partition coefficient (Wildman–Crippen LogP) is 2.09. The molecule has 1 aromatic heterocycles. The summed E-state index contributed by atoms with van der Waals surface area (Å²) in [5.41, 5.74) is 0.627. The molecule has 2 saturated heterocycles. The van der Waals surface area contributed by atoms with Crippen molar-refractivity contribution in [2.45, 2.75) is 32.6 Å². The molecule has 2 atom stereocenters. The highest BCUT2D eigenvalue weighted by atomic mass is 16.3. The zero-order chi connectivity index (χ0) is 19.2. The Morgan fingerprint density at radius 1 is 1.19 bits per heavy atom. The number of rotatable bonds is 6. The Kier molecular flexibility index (Phi) is 7.07. The molecule has 2 aliphatic heterocycles. The third-order valence-corrected chi connectivity index (χ3v) is 6.14. The Bertz CT molecular complexity index is 599. The fraction of sp³-hybridized carbons (Fsp3) is 0.714. The van der Waals surface area contributed by atoms with E-state index in [1.54, 1.807) is 18.1 Å². The molecule has 3 heterocycles. The standard InChI is InChI=1S/C21H34N4O2/c1-3-23(2)21(27)17-8-9-20(22-12-17)25-14-18(19(15-25)16-26)13-24-10-6-4-5-7-11-24/h8-9,12,18-19,26H,3-7,10-11,13-16H2,1-2H3/t18-,19-/m1/s1. The number of aliphatic hydroxyl groups excluding tert-OH is 1. The molecule has 1 N–H and O–H groups in total. The van der Waals surface area contributed by atoms with E-state index in [1.165, 1.54) is 38.8 Å². The van der Waals surface area contributed by atoms with Gasteiger partial charge in [0.1, 0.15) is 5.82 Å². The molecule has 6 heteroatoms. The number of hydrogen-bond donors (Lipinski definition) is 1. The molecule has 0 aliphatic carbocycles. The Morgan fingerprint density at radius 2 is 1.89 bits per heavy atom. The molecule has 1 amide bonds. The van der Waals surface area contributed by atoms with Crippen LogP contribution in [0.15, 0.2) is 18.3 Å². The zero-order valence-corrected chi connectivity index (χ0v) is 16.8. The molecule has 0 aromatic carbocycles. The number of carbonyl (C=O) groups is 1. The van der Waals surface area contributed by atoms with Gasteiger partial charge >= 0.3 is 0 Å². The lowest BCUT2D eigenvalue weighted by Gasteiger charge is -2.26. The van der Waals surface area contributed by atoms with Gasteiger partial charge in [0.15, 0.2) is 0 Å². The first-order valence-electron chi connectivity index (χ1n) is 10.4. The number of anilines is 1. The van der Waals surface area contributed by atoms with E-state index in [0.717, 1.165) is 25.5 Å². The first kappa shape index (κ1) is 20.1. The summed E-state index contributed by atoms with van der Waals surface area (Å²) < 4.78 is 0. The van der Waals surface area contributed by atoms with Crippen LogP contribution in [-0.4, -0.2) is 78.7 Å². The van der Waals surface area contributed by atoms with E-state index in [4.69, 9.17) is 0 Å². The summed E-state index contributed by atoms with van der Waals surface area (Å²) in [6.07, 6.45) is 6.96. The smallest absolute Gasteiger partial charge is 0.255 e. The highest BCUT2D eigenvalue weighted by molar-refractivity contribution is 5.93. The van der Waals surface area contributed by atoms with Gasteiger partial charge in [0.05, 0.1) is 5.56 Å². The maximum absolute atomic E-state index is 12.2. The van der Waals surface area contributed by atoms with Crippen molar-refractivity contribution in [1.82, 2.24) is 14.8 Å². The largest absolute Gasteiger partial charge is 0.396 e. The van der Waals surface area contributed by atoms with Crippen LogP contribution in [0, 0.1) is 11.8 Å². The van der Waals surface area contributed by atoms with E-state index in [1.807, 2.05) is 19.1 Å². The minimum absolute atomic E-state index is 0.00486. The molecule has 2 fully saturated rings. The molecule has 1 aromatic rings. The molecule has 150 valence electrons. The minimum Gasteiger partial charge on any atom is -0.396 e. The van der Waals surface area contributed by atoms with Crippen molar-refractivity contribution in [3.05, 3.63) is 23.9 Å². The Labute approximate surface area is 163 Å². The molecule has 3 rings (SSSR count). The minimum atomic E-state index is 0.00486. The maximum Gasteiger partial charge on any atom is 0.255 e. The topological polar surface area (TPSA) is 59.9 Å². The summed E-state index contributed by atoms with van der Waals surface area (Å²) in [4.78, 5) is 23.3. The van der Waals surface area contributed by atoms with Crippen LogP contribution >= 0.6 is 0 Å². The quantitative estimate of drug-likeness (QED) is 0.826. The van der Waals surface area contributed by atoms with Crippen LogP contribution in [0.1, 0.15) is 43.0 Å². The summed E-state index contributed by atoms with van der Waals surface area (Å²) in [7, 11) is 1.80. The zero-order valence-electron chi connectivity index (χ0n) is 16.8. The summed E-state index contributed by atoms with van der Waals surface area (Å²) in [5.74, 6) is 1.68. The van der Waals surface area contributed by atoms with Gasteiger partial charge < -0.3 is 19.8 Å². The van der Waals surface area contributed by atoms with Crippen molar-refractivity contribution in [3.8, 4) is 0 Å². The van der Waals surface area contributed by atoms with Gasteiger partial charge in [-0.3, -0.25) is 4.79 Å². The van der Waals surface area contributed by atoms with Crippen molar-refractivity contribution in [2.24, 2.45) is 11.8 Å². The van der Waals surface area contributed by atoms with E-state index < -0.39 is 0 Å². The predicted molar refractivity (Wildman–Crippen MR) is 108 cm³/mol. The van der Waals surface area contributed by atoms with E-state index in [0.29, 0.717) is 23.9 Å². The fourth-order valence-corrected chi connectivity index (χ4v) is 4.25. The monoisotopic (exact) mass is 374 g/mol. The van der Waals surface area contributed by atoms with Gasteiger partial charge in [0.25, 0.3) is 5.91 Å². The number of nitrogens with zero attached hydrogens (tertiary/aromatic N) is 4. The molecular weight excluding hydrogens is 340 g/mol. The Hall–Kier alpha value is -1.66. The second kappa shape index (κ2) is 9.51. The van der Waals surface area contributed by atoms with Crippen molar-refractivity contribution in [3.63, 3.8) is 0 Å². The Balaban J connectivity index is 1.62. The van der Waals surface area contributed by atoms with Gasteiger partial charge in [-0.2, -0.15) is 0 Å². The summed E-state index contributed by atoms with van der Waals surface area (Å²) in [6.45, 7) is 8.09. The SMILES string of the molecule is CCN(C)C(=O)c1ccc(N2C[C@@H](CN3CCCCCC3)[C@@H](CO)C2)nc1. The van der Waals surface area contributed by atoms with Crippen LogP contribution < -0.4 is 4.90 Å². The summed E-state index contributed by atoms with van der Waals surface area (Å²) in [5, 5.41) is 9.88. The molecule has 27 heavy (non-hydrogen) atoms. The number of carbonyl (C=O) groups excluding carboxylic acids is 1. The van der Waals surface area contributed by atoms with E-state index in [2.05, 4.69) is 14.8 Å². The van der Waals surface area contributed by atoms with Crippen LogP contribution in [0.5, 0.6) is 0 Å². The van der Waals surface area contributed by atoms with Gasteiger partial charge in [-0.15, -0.1) is 0 Å². The van der Waals surface area contributed by atoms with Crippen LogP contribution in [0.4, 0.5) is 5.82 Å². The van der Waals surface area contributed by atoms with Crippen LogP contribution in [0.2, 0.25) is 0 Å². The first-order chi connectivity index (χ1) is 13.1. The van der Waals surface area contributed by atoms with Gasteiger partial charge in [0.2, 0.25) is 0 Å². The number of hydrogen-bond acceptors (Lipinski definition) is 5. The van der Waals surface area contributed by atoms with Crippen molar-refractivity contribution < 1.29 is 9.90 Å². The average Bonchev–Trinajstić information content (AvgIpc) is 2.93. The van der Waals surface area contributed by atoms with E-state index in [9.17, 15) is 9.90 Å². The summed E-state index contributed by atoms with van der Waals surface area (Å²) >= 11 is 0. The average molecular weight is 375 g/mol. The number of likely N-dealkylation sites (tertiary alicyclic amines) is 1. The lowest BCUT2D eigenvalue weighted by molar-refractivity contribution is 0.0802. The maximum atomic E-state index is 12.2. The van der Waals surface area contributed by atoms with Crippen LogP contribution in [0.25, 0.3) is 0 Å².